The van der Waals surface area contributed by atoms with Crippen molar-refractivity contribution in [1.82, 2.24) is 19.6 Å². The quantitative estimate of drug-likeness (QED) is 0.831. The van der Waals surface area contributed by atoms with Crippen molar-refractivity contribution in [2.24, 2.45) is 5.92 Å². The van der Waals surface area contributed by atoms with Gasteiger partial charge in [0.15, 0.2) is 5.03 Å². The molecule has 7 heteroatoms. The Morgan fingerprint density at radius 1 is 1.38 bits per heavy atom. The van der Waals surface area contributed by atoms with Gasteiger partial charge < -0.3 is 10.3 Å². The molecule has 0 saturated carbocycles. The maximum atomic E-state index is 12.8. The van der Waals surface area contributed by atoms with Gasteiger partial charge in [-0.3, -0.25) is 0 Å². The first-order valence-corrected chi connectivity index (χ1v) is 9.15. The van der Waals surface area contributed by atoms with E-state index in [9.17, 15) is 8.42 Å². The van der Waals surface area contributed by atoms with E-state index in [4.69, 9.17) is 0 Å². The summed E-state index contributed by atoms with van der Waals surface area (Å²) in [5.74, 6) is 1.14. The Kier molecular flexibility index (Phi) is 5.40. The third-order valence-corrected chi connectivity index (χ3v) is 5.95. The molecule has 21 heavy (non-hydrogen) atoms. The van der Waals surface area contributed by atoms with Crippen LogP contribution in [-0.2, 0) is 16.4 Å². The summed E-state index contributed by atoms with van der Waals surface area (Å²) < 4.78 is 27.2. The molecule has 0 aliphatic carbocycles. The molecule has 6 nitrogen and oxygen atoms in total. The largest absolute Gasteiger partial charge is 0.332 e. The number of rotatable bonds is 6. The highest BCUT2D eigenvalue weighted by Gasteiger charge is 2.31. The number of piperidine rings is 1. The Hall–Kier alpha value is -0.920. The van der Waals surface area contributed by atoms with Crippen molar-refractivity contribution >= 4 is 10.0 Å². The van der Waals surface area contributed by atoms with Crippen LogP contribution in [-0.4, -0.2) is 48.4 Å². The van der Waals surface area contributed by atoms with E-state index in [0.717, 1.165) is 25.9 Å². The Bertz CT molecular complexity index is 547. The van der Waals surface area contributed by atoms with Gasteiger partial charge in [0.25, 0.3) is 10.0 Å². The fourth-order valence-electron chi connectivity index (χ4n) is 2.69. The maximum absolute atomic E-state index is 12.8. The van der Waals surface area contributed by atoms with Gasteiger partial charge in [-0.25, -0.2) is 13.4 Å². The number of hydrogen-bond acceptors (Lipinski definition) is 4. The average Bonchev–Trinajstić information content (AvgIpc) is 2.95. The second-order valence-electron chi connectivity index (χ2n) is 5.91. The smallest absolute Gasteiger partial charge is 0.260 e. The van der Waals surface area contributed by atoms with Crippen LogP contribution >= 0.6 is 0 Å². The standard InChI is InChI=1S/C14H26N4O2S/c1-4-13-16-9-14(17-13)21(19,20)18(11(2)3)10-12-5-7-15-8-6-12/h9,11-12,15H,4-8,10H2,1-3H3,(H,16,17). The Morgan fingerprint density at radius 3 is 2.57 bits per heavy atom. The molecule has 0 amide bonds. The van der Waals surface area contributed by atoms with E-state index >= 15 is 0 Å². The second-order valence-corrected chi connectivity index (χ2v) is 7.77. The Balaban J connectivity index is 2.19. The van der Waals surface area contributed by atoms with Gasteiger partial charge in [0.05, 0.1) is 6.20 Å². The van der Waals surface area contributed by atoms with Gasteiger partial charge in [-0.2, -0.15) is 4.31 Å². The molecule has 1 aromatic heterocycles. The molecule has 0 spiro atoms. The van der Waals surface area contributed by atoms with Gasteiger partial charge in [0, 0.05) is 19.0 Å². The molecule has 0 atom stereocenters. The van der Waals surface area contributed by atoms with Crippen LogP contribution in [0, 0.1) is 5.92 Å². The van der Waals surface area contributed by atoms with Crippen molar-refractivity contribution in [1.29, 1.82) is 0 Å². The highest BCUT2D eigenvalue weighted by atomic mass is 32.2. The summed E-state index contributed by atoms with van der Waals surface area (Å²) in [6, 6.07) is -0.0572. The zero-order valence-corrected chi connectivity index (χ0v) is 13.9. The molecule has 2 N–H and O–H groups in total. The molecular formula is C14H26N4O2S. The average molecular weight is 314 g/mol. The molecule has 1 aliphatic heterocycles. The molecule has 1 saturated heterocycles. The molecule has 0 radical (unpaired) electrons. The normalized spacial score (nSPS) is 17.8. The number of aryl methyl sites for hydroxylation is 1. The lowest BCUT2D eigenvalue weighted by molar-refractivity contribution is 0.260. The molecule has 120 valence electrons. The monoisotopic (exact) mass is 314 g/mol. The first-order chi connectivity index (χ1) is 9.95. The minimum atomic E-state index is -3.49. The summed E-state index contributed by atoms with van der Waals surface area (Å²) >= 11 is 0. The van der Waals surface area contributed by atoms with Gasteiger partial charge in [0.1, 0.15) is 5.82 Å². The van der Waals surface area contributed by atoms with Crippen molar-refractivity contribution in [2.45, 2.75) is 51.1 Å². The minimum absolute atomic E-state index is 0.0572. The summed E-state index contributed by atoms with van der Waals surface area (Å²) in [7, 11) is -3.49. The lowest BCUT2D eigenvalue weighted by Gasteiger charge is -2.31. The number of hydrogen-bond donors (Lipinski definition) is 2. The van der Waals surface area contributed by atoms with Crippen molar-refractivity contribution in [3.8, 4) is 0 Å². The molecule has 1 aromatic rings. The predicted molar refractivity (Wildman–Crippen MR) is 82.6 cm³/mol. The third-order valence-electron chi connectivity index (χ3n) is 4.00. The Morgan fingerprint density at radius 2 is 2.05 bits per heavy atom. The third kappa shape index (κ3) is 3.84. The lowest BCUT2D eigenvalue weighted by atomic mass is 9.98. The van der Waals surface area contributed by atoms with Gasteiger partial charge in [0.2, 0.25) is 0 Å². The van der Waals surface area contributed by atoms with E-state index in [1.165, 1.54) is 6.20 Å². The van der Waals surface area contributed by atoms with Gasteiger partial charge in [-0.05, 0) is 45.7 Å². The van der Waals surface area contributed by atoms with Crippen molar-refractivity contribution in [3.05, 3.63) is 12.0 Å². The van der Waals surface area contributed by atoms with Crippen LogP contribution in [0.1, 0.15) is 39.4 Å². The van der Waals surface area contributed by atoms with Crippen LogP contribution in [0.15, 0.2) is 11.2 Å². The number of aromatic amines is 1. The minimum Gasteiger partial charge on any atom is -0.332 e. The topological polar surface area (TPSA) is 78.1 Å². The van der Waals surface area contributed by atoms with Crippen LogP contribution in [0.25, 0.3) is 0 Å². The summed E-state index contributed by atoms with van der Waals surface area (Å²) in [5, 5.41) is 3.52. The van der Waals surface area contributed by atoms with Crippen LogP contribution < -0.4 is 5.32 Å². The van der Waals surface area contributed by atoms with Crippen LogP contribution in [0.4, 0.5) is 0 Å². The molecule has 1 aliphatic rings. The first-order valence-electron chi connectivity index (χ1n) is 7.71. The number of nitrogens with one attached hydrogen (secondary N) is 2. The molecule has 2 rings (SSSR count). The fraction of sp³-hybridized carbons (Fsp3) is 0.786. The van der Waals surface area contributed by atoms with E-state index in [1.54, 1.807) is 4.31 Å². The molecule has 0 bridgehead atoms. The van der Waals surface area contributed by atoms with E-state index in [0.29, 0.717) is 24.7 Å². The number of imidazole rings is 1. The number of nitrogens with zero attached hydrogens (tertiary/aromatic N) is 2. The second kappa shape index (κ2) is 6.89. The summed E-state index contributed by atoms with van der Waals surface area (Å²) in [6.45, 7) is 8.33. The molecule has 2 heterocycles. The molecule has 0 aromatic carbocycles. The van der Waals surface area contributed by atoms with E-state index < -0.39 is 10.0 Å². The zero-order valence-electron chi connectivity index (χ0n) is 13.1. The molecular weight excluding hydrogens is 288 g/mol. The van der Waals surface area contributed by atoms with E-state index in [2.05, 4.69) is 15.3 Å². The summed E-state index contributed by atoms with van der Waals surface area (Å²) in [4.78, 5) is 7.04. The Labute approximate surface area is 127 Å². The first kappa shape index (κ1) is 16.5. The molecule has 1 fully saturated rings. The van der Waals surface area contributed by atoms with Crippen molar-refractivity contribution in [2.75, 3.05) is 19.6 Å². The highest BCUT2D eigenvalue weighted by molar-refractivity contribution is 7.89. The van der Waals surface area contributed by atoms with Crippen LogP contribution in [0.2, 0.25) is 0 Å². The highest BCUT2D eigenvalue weighted by Crippen LogP contribution is 2.22. The van der Waals surface area contributed by atoms with Crippen LogP contribution in [0.5, 0.6) is 0 Å². The summed E-state index contributed by atoms with van der Waals surface area (Å²) in [6.07, 6.45) is 4.20. The predicted octanol–water partition coefficient (Wildman–Crippen LogP) is 1.37. The fourth-order valence-corrected chi connectivity index (χ4v) is 4.33. The van der Waals surface area contributed by atoms with Crippen molar-refractivity contribution < 1.29 is 8.42 Å². The van der Waals surface area contributed by atoms with Crippen LogP contribution in [0.3, 0.4) is 0 Å². The van der Waals surface area contributed by atoms with Gasteiger partial charge in [-0.15, -0.1) is 0 Å². The molecule has 0 unspecified atom stereocenters. The maximum Gasteiger partial charge on any atom is 0.260 e. The lowest BCUT2D eigenvalue weighted by Crippen LogP contribution is -2.43. The SMILES string of the molecule is CCc1ncc(S(=O)(=O)N(CC2CCNCC2)C(C)C)[nH]1. The van der Waals surface area contributed by atoms with Gasteiger partial charge >= 0.3 is 0 Å². The number of aromatic nitrogens is 2. The van der Waals surface area contributed by atoms with Gasteiger partial charge in [-0.1, -0.05) is 6.92 Å². The van der Waals surface area contributed by atoms with E-state index in [-0.39, 0.29) is 11.1 Å². The zero-order chi connectivity index (χ0) is 15.5. The van der Waals surface area contributed by atoms with Crippen molar-refractivity contribution in [3.63, 3.8) is 0 Å². The number of sulfonamides is 1. The summed E-state index contributed by atoms with van der Waals surface area (Å²) in [5.41, 5.74) is 0. The van der Waals surface area contributed by atoms with E-state index in [1.807, 2.05) is 20.8 Å². The number of H-pyrrole nitrogens is 1.